The zero-order valence-electron chi connectivity index (χ0n) is 31.0. The van der Waals surface area contributed by atoms with E-state index in [0.29, 0.717) is 54.2 Å². The maximum Gasteiger partial charge on any atom is 0.251 e. The van der Waals surface area contributed by atoms with E-state index in [0.717, 1.165) is 81.2 Å². The molecule has 6 nitrogen and oxygen atoms in total. The maximum absolute atomic E-state index is 13.1. The van der Waals surface area contributed by atoms with Crippen molar-refractivity contribution in [2.24, 2.45) is 23.7 Å². The van der Waals surface area contributed by atoms with Crippen molar-refractivity contribution < 1.29 is 18.3 Å². The predicted molar refractivity (Wildman–Crippen MR) is 212 cm³/mol. The summed E-state index contributed by atoms with van der Waals surface area (Å²) in [6.45, 7) is 12.9. The van der Waals surface area contributed by atoms with Gasteiger partial charge in [-0.1, -0.05) is 62.9 Å². The Labute approximate surface area is 313 Å². The molecule has 7 atom stereocenters. The van der Waals surface area contributed by atoms with Crippen molar-refractivity contribution >= 4 is 40.1 Å². The van der Waals surface area contributed by atoms with Crippen molar-refractivity contribution in [1.82, 2.24) is 14.5 Å². The Hall–Kier alpha value is -2.30. The SMILES string of the molecule is C=S(NC)C(C)C(C)C/C=C/C(CN1CCN(CC(F)F)CC1)C1CCC1CN1CC(c2ccc(Cl)cc2CCC)COc2ccc(C=O)cc21. The van der Waals surface area contributed by atoms with Crippen molar-refractivity contribution in [2.75, 3.05) is 70.9 Å². The number of fused-ring (bicyclic) bond motifs is 1. The first-order chi connectivity index (χ1) is 24.6. The Bertz CT molecular complexity index is 1490. The molecule has 5 rings (SSSR count). The molecular weight excluding hydrogens is 686 g/mol. The van der Waals surface area contributed by atoms with Gasteiger partial charge in [-0.15, -0.1) is 10.7 Å². The summed E-state index contributed by atoms with van der Waals surface area (Å²) in [6, 6.07) is 12.1. The molecule has 1 aliphatic carbocycles. The van der Waals surface area contributed by atoms with E-state index in [9.17, 15) is 13.6 Å². The highest BCUT2D eigenvalue weighted by Crippen LogP contribution is 2.44. The number of carbonyl (C=O) groups is 1. The van der Waals surface area contributed by atoms with Crippen LogP contribution in [0.15, 0.2) is 48.6 Å². The van der Waals surface area contributed by atoms with E-state index < -0.39 is 6.43 Å². The van der Waals surface area contributed by atoms with E-state index >= 15 is 0 Å². The number of hydrogen-bond acceptors (Lipinski definition) is 6. The van der Waals surface area contributed by atoms with Gasteiger partial charge in [-0.2, -0.15) is 0 Å². The molecule has 2 heterocycles. The summed E-state index contributed by atoms with van der Waals surface area (Å²) < 4.78 is 36.0. The van der Waals surface area contributed by atoms with E-state index in [4.69, 9.17) is 16.3 Å². The topological polar surface area (TPSA) is 48.0 Å². The second kappa shape index (κ2) is 19.2. The van der Waals surface area contributed by atoms with Gasteiger partial charge in [-0.25, -0.2) is 8.78 Å². The van der Waals surface area contributed by atoms with Crippen LogP contribution in [-0.2, 0) is 6.42 Å². The number of allylic oxidation sites excluding steroid dienone is 1. The molecule has 0 radical (unpaired) electrons. The van der Waals surface area contributed by atoms with Gasteiger partial charge in [0.1, 0.15) is 12.0 Å². The molecule has 0 bridgehead atoms. The molecule has 10 heteroatoms. The minimum absolute atomic E-state index is 0.0764. The van der Waals surface area contributed by atoms with E-state index in [-0.39, 0.29) is 23.1 Å². The minimum atomic E-state index is -2.29. The summed E-state index contributed by atoms with van der Waals surface area (Å²) in [5.74, 6) is 7.18. The number of aldehydes is 1. The molecule has 3 aliphatic rings. The molecule has 2 fully saturated rings. The van der Waals surface area contributed by atoms with Gasteiger partial charge in [-0.05, 0) is 97.9 Å². The Morgan fingerprint density at radius 3 is 2.47 bits per heavy atom. The zero-order chi connectivity index (χ0) is 36.5. The highest BCUT2D eigenvalue weighted by Gasteiger charge is 2.39. The van der Waals surface area contributed by atoms with Gasteiger partial charge < -0.3 is 14.5 Å². The number of piperazine rings is 1. The molecule has 0 spiro atoms. The second-order valence-corrected chi connectivity index (χ2v) is 17.4. The quantitative estimate of drug-likeness (QED) is 0.0998. The number of ether oxygens (including phenoxy) is 1. The first kappa shape index (κ1) is 39.9. The van der Waals surface area contributed by atoms with Crippen molar-refractivity contribution in [3.05, 3.63) is 70.3 Å². The Morgan fingerprint density at radius 1 is 1.08 bits per heavy atom. The Balaban J connectivity index is 1.37. The third-order valence-electron chi connectivity index (χ3n) is 11.6. The predicted octanol–water partition coefficient (Wildman–Crippen LogP) is 8.42. The number of nitrogens with one attached hydrogen (secondary N) is 1. The normalized spacial score (nSPS) is 24.0. The van der Waals surface area contributed by atoms with Crippen LogP contribution in [0.25, 0.3) is 0 Å². The molecule has 7 unspecified atom stereocenters. The largest absolute Gasteiger partial charge is 0.491 e. The van der Waals surface area contributed by atoms with Gasteiger partial charge in [0, 0.05) is 67.6 Å². The second-order valence-electron chi connectivity index (χ2n) is 15.0. The molecule has 282 valence electrons. The van der Waals surface area contributed by atoms with Crippen LogP contribution in [0, 0.1) is 23.7 Å². The third-order valence-corrected chi connectivity index (χ3v) is 13.7. The van der Waals surface area contributed by atoms with Crippen LogP contribution >= 0.6 is 22.3 Å². The minimum Gasteiger partial charge on any atom is -0.491 e. The average Bonchev–Trinajstić information content (AvgIpc) is 3.29. The number of benzene rings is 2. The summed E-state index contributed by atoms with van der Waals surface area (Å²) in [5, 5.41) is 1.24. The van der Waals surface area contributed by atoms with E-state index in [1.165, 1.54) is 17.5 Å². The summed E-state index contributed by atoms with van der Waals surface area (Å²) in [6.07, 6.45) is 8.85. The molecule has 2 aromatic rings. The van der Waals surface area contributed by atoms with Gasteiger partial charge in [-0.3, -0.25) is 14.4 Å². The van der Waals surface area contributed by atoms with Crippen LogP contribution in [0.2, 0.25) is 5.02 Å². The molecule has 1 saturated carbocycles. The number of aryl methyl sites for hydroxylation is 1. The van der Waals surface area contributed by atoms with Crippen LogP contribution in [0.3, 0.4) is 0 Å². The van der Waals surface area contributed by atoms with Crippen LogP contribution in [0.5, 0.6) is 5.75 Å². The summed E-state index contributed by atoms with van der Waals surface area (Å²) in [7, 11) is 1.91. The average molecular weight is 745 g/mol. The Kier molecular flexibility index (Phi) is 15.0. The lowest BCUT2D eigenvalue weighted by Gasteiger charge is -2.46. The van der Waals surface area contributed by atoms with Crippen LogP contribution < -0.4 is 14.4 Å². The molecule has 1 saturated heterocycles. The molecule has 0 aromatic heterocycles. The fourth-order valence-electron chi connectivity index (χ4n) is 8.18. The van der Waals surface area contributed by atoms with Crippen LogP contribution in [0.1, 0.15) is 73.9 Å². The number of alkyl halides is 2. The number of hydrogen-bond donors (Lipinski definition) is 1. The zero-order valence-corrected chi connectivity index (χ0v) is 32.6. The van der Waals surface area contributed by atoms with E-state index in [2.05, 4.69) is 65.4 Å². The molecule has 2 aliphatic heterocycles. The number of nitrogens with zero attached hydrogens (tertiary/aromatic N) is 3. The van der Waals surface area contributed by atoms with Crippen LogP contribution in [-0.4, -0.2) is 99.6 Å². The van der Waals surface area contributed by atoms with Gasteiger partial charge in [0.2, 0.25) is 0 Å². The van der Waals surface area contributed by atoms with Crippen molar-refractivity contribution in [3.63, 3.8) is 0 Å². The maximum atomic E-state index is 13.1. The van der Waals surface area contributed by atoms with Gasteiger partial charge in [0.05, 0.1) is 18.8 Å². The summed E-state index contributed by atoms with van der Waals surface area (Å²) in [4.78, 5) is 18.8. The standard InChI is InChI=1S/C41H59ClF2N4O2S/c1-6-8-32-22-36(42)13-15-37(32)35-25-48(39-21-31(27-49)11-16-40(39)50-28-35)24-34-12-14-38(34)33(10-7-9-29(2)30(3)51(5)45-4)23-46-17-19-47(20-18-46)26-41(43)44/h7,10-11,13,15-16,21-22,27,29-30,33-35,38,41,45H,5-6,8-9,12,14,17-20,23-26,28H2,1-4H3/b10-7+. The van der Waals surface area contributed by atoms with Gasteiger partial charge in [0.15, 0.2) is 0 Å². The summed E-state index contributed by atoms with van der Waals surface area (Å²) >= 11 is 6.46. The lowest BCUT2D eigenvalue weighted by Crippen LogP contribution is -2.50. The van der Waals surface area contributed by atoms with E-state index in [1.54, 1.807) is 0 Å². The first-order valence-electron chi connectivity index (χ1n) is 18.9. The van der Waals surface area contributed by atoms with Crippen LogP contribution in [0.4, 0.5) is 14.5 Å². The first-order valence-corrected chi connectivity index (χ1v) is 20.8. The number of halogens is 3. The fourth-order valence-corrected chi connectivity index (χ4v) is 9.42. The third kappa shape index (κ3) is 10.7. The lowest BCUT2D eigenvalue weighted by molar-refractivity contribution is 0.0419. The van der Waals surface area contributed by atoms with Gasteiger partial charge >= 0.3 is 0 Å². The molecule has 0 amide bonds. The van der Waals surface area contributed by atoms with Crippen molar-refractivity contribution in [1.29, 1.82) is 0 Å². The lowest BCUT2D eigenvalue weighted by atomic mass is 9.66. The van der Waals surface area contributed by atoms with Crippen molar-refractivity contribution in [3.8, 4) is 5.75 Å². The fraction of sp³-hybridized carbons (Fsp3) is 0.610. The Morgan fingerprint density at radius 2 is 1.82 bits per heavy atom. The highest BCUT2D eigenvalue weighted by molar-refractivity contribution is 8.12. The summed E-state index contributed by atoms with van der Waals surface area (Å²) in [5.41, 5.74) is 4.22. The highest BCUT2D eigenvalue weighted by atomic mass is 35.5. The monoisotopic (exact) mass is 744 g/mol. The van der Waals surface area contributed by atoms with E-state index in [1.807, 2.05) is 36.2 Å². The number of rotatable bonds is 17. The molecule has 1 N–H and O–H groups in total. The molecule has 51 heavy (non-hydrogen) atoms. The van der Waals surface area contributed by atoms with Crippen molar-refractivity contribution in [2.45, 2.75) is 70.5 Å². The molecular formula is C41H59ClF2N4O2S. The number of anilines is 1. The number of carbonyl (C=O) groups excluding carboxylic acids is 1. The smallest absolute Gasteiger partial charge is 0.251 e. The van der Waals surface area contributed by atoms with Gasteiger partial charge in [0.25, 0.3) is 6.43 Å². The molecule has 2 aromatic carbocycles.